The van der Waals surface area contributed by atoms with Gasteiger partial charge in [-0.2, -0.15) is 17.0 Å². The molecule has 0 aromatic rings. The van der Waals surface area contributed by atoms with Gasteiger partial charge in [-0.15, -0.1) is 11.6 Å². The van der Waals surface area contributed by atoms with Gasteiger partial charge in [0.2, 0.25) is 0 Å². The number of rotatable bonds is 5. The number of hydrogen-bond donors (Lipinski definition) is 0. The Hall–Kier alpha value is 0.0800. The molecule has 2 heterocycles. The Morgan fingerprint density at radius 3 is 1.95 bits per heavy atom. The number of methoxy groups -OCH3 is 2. The summed E-state index contributed by atoms with van der Waals surface area (Å²) in [4.78, 5) is 0. The smallest absolute Gasteiger partial charge is 0.282 e. The normalized spacial score (nSPS) is 30.9. The first-order valence-corrected chi connectivity index (χ1v) is 8.82. The van der Waals surface area contributed by atoms with Crippen molar-refractivity contribution in [1.82, 2.24) is 8.61 Å². The lowest BCUT2D eigenvalue weighted by atomic mass is 10.0. The summed E-state index contributed by atoms with van der Waals surface area (Å²) < 4.78 is 38.8. The van der Waals surface area contributed by atoms with Crippen molar-refractivity contribution >= 4 is 21.8 Å². The highest BCUT2D eigenvalue weighted by molar-refractivity contribution is 7.86. The van der Waals surface area contributed by atoms with E-state index in [2.05, 4.69) is 0 Å². The van der Waals surface area contributed by atoms with Crippen LogP contribution < -0.4 is 0 Å². The van der Waals surface area contributed by atoms with Crippen LogP contribution in [-0.4, -0.2) is 75.5 Å². The van der Waals surface area contributed by atoms with E-state index in [-0.39, 0.29) is 12.2 Å². The second-order valence-corrected chi connectivity index (χ2v) is 7.61. The molecular formula is C12H23ClN2O4S. The van der Waals surface area contributed by atoms with Crippen molar-refractivity contribution in [3.8, 4) is 0 Å². The van der Waals surface area contributed by atoms with Crippen LogP contribution in [0.3, 0.4) is 0 Å². The van der Waals surface area contributed by atoms with Crippen molar-refractivity contribution in [2.75, 3.05) is 46.3 Å². The Bertz CT molecular complexity index is 400. The summed E-state index contributed by atoms with van der Waals surface area (Å²) in [6.07, 6.45) is 1.26. The summed E-state index contributed by atoms with van der Waals surface area (Å²) >= 11 is 5.83. The average Bonchev–Trinajstić information content (AvgIpc) is 2.91. The maximum atomic E-state index is 12.6. The first-order chi connectivity index (χ1) is 9.52. The molecule has 0 aliphatic carbocycles. The van der Waals surface area contributed by atoms with E-state index in [4.69, 9.17) is 21.1 Å². The quantitative estimate of drug-likeness (QED) is 0.691. The summed E-state index contributed by atoms with van der Waals surface area (Å²) in [6, 6.07) is 0. The molecule has 2 aliphatic heterocycles. The number of halogens is 1. The van der Waals surface area contributed by atoms with Crippen LogP contribution in [0.1, 0.15) is 12.8 Å². The fraction of sp³-hybridized carbons (Fsp3) is 1.00. The van der Waals surface area contributed by atoms with Crippen LogP contribution in [-0.2, 0) is 19.7 Å². The second kappa shape index (κ2) is 6.89. The van der Waals surface area contributed by atoms with Gasteiger partial charge in [0.25, 0.3) is 10.2 Å². The predicted octanol–water partition coefficient (Wildman–Crippen LogP) is 0.528. The van der Waals surface area contributed by atoms with E-state index in [1.54, 1.807) is 18.5 Å². The minimum Gasteiger partial charge on any atom is -0.377 e. The van der Waals surface area contributed by atoms with Crippen LogP contribution in [0.5, 0.6) is 0 Å². The first-order valence-electron chi connectivity index (χ1n) is 6.89. The molecule has 2 atom stereocenters. The third kappa shape index (κ3) is 3.28. The Labute approximate surface area is 126 Å². The fourth-order valence-corrected chi connectivity index (χ4v) is 4.79. The summed E-state index contributed by atoms with van der Waals surface area (Å²) in [5.41, 5.74) is 0. The molecule has 0 amide bonds. The molecule has 0 spiro atoms. The number of piperidine rings is 1. The lowest BCUT2D eigenvalue weighted by Crippen LogP contribution is -2.47. The summed E-state index contributed by atoms with van der Waals surface area (Å²) in [7, 11) is -0.252. The maximum absolute atomic E-state index is 12.6. The summed E-state index contributed by atoms with van der Waals surface area (Å²) in [5, 5.41) is 0. The van der Waals surface area contributed by atoms with Gasteiger partial charge in [-0.1, -0.05) is 0 Å². The molecule has 2 saturated heterocycles. The van der Waals surface area contributed by atoms with Crippen molar-refractivity contribution in [3.63, 3.8) is 0 Å². The van der Waals surface area contributed by atoms with Gasteiger partial charge in [0, 0.05) is 46.3 Å². The monoisotopic (exact) mass is 326 g/mol. The largest absolute Gasteiger partial charge is 0.377 e. The van der Waals surface area contributed by atoms with Crippen LogP contribution in [0.15, 0.2) is 0 Å². The molecule has 2 aliphatic rings. The minimum atomic E-state index is -3.42. The Morgan fingerprint density at radius 2 is 1.55 bits per heavy atom. The van der Waals surface area contributed by atoms with Gasteiger partial charge in [0.05, 0.1) is 12.2 Å². The van der Waals surface area contributed by atoms with Gasteiger partial charge in [-0.25, -0.2) is 0 Å². The lowest BCUT2D eigenvalue weighted by molar-refractivity contribution is -0.00461. The van der Waals surface area contributed by atoms with Crippen molar-refractivity contribution in [1.29, 1.82) is 0 Å². The molecular weight excluding hydrogens is 304 g/mol. The topological polar surface area (TPSA) is 59.1 Å². The van der Waals surface area contributed by atoms with Gasteiger partial charge in [-0.05, 0) is 18.8 Å². The maximum Gasteiger partial charge on any atom is 0.282 e. The van der Waals surface area contributed by atoms with Gasteiger partial charge in [0.1, 0.15) is 0 Å². The Kier molecular flexibility index (Phi) is 5.67. The second-order valence-electron chi connectivity index (χ2n) is 5.37. The lowest BCUT2D eigenvalue weighted by Gasteiger charge is -2.33. The van der Waals surface area contributed by atoms with Crippen LogP contribution in [0.4, 0.5) is 0 Å². The van der Waals surface area contributed by atoms with E-state index in [1.807, 2.05) is 0 Å². The van der Waals surface area contributed by atoms with Crippen molar-refractivity contribution in [2.24, 2.45) is 5.92 Å². The average molecular weight is 327 g/mol. The number of ether oxygens (including phenoxy) is 2. The zero-order chi connectivity index (χ0) is 14.8. The van der Waals surface area contributed by atoms with E-state index < -0.39 is 10.2 Å². The standard InChI is InChI=1S/C12H23ClN2O4S/c1-18-11-8-15(9-12(11)19-2)20(16,17)14-5-3-10(7-13)4-6-14/h10-12H,3-9H2,1-2H3. The highest BCUT2D eigenvalue weighted by Crippen LogP contribution is 2.25. The molecule has 6 nitrogen and oxygen atoms in total. The van der Waals surface area contributed by atoms with E-state index >= 15 is 0 Å². The molecule has 2 unspecified atom stereocenters. The Morgan fingerprint density at radius 1 is 1.05 bits per heavy atom. The first kappa shape index (κ1) is 16.5. The van der Waals surface area contributed by atoms with Crippen molar-refractivity contribution < 1.29 is 17.9 Å². The molecule has 8 heteroatoms. The van der Waals surface area contributed by atoms with Gasteiger partial charge >= 0.3 is 0 Å². The molecule has 118 valence electrons. The SMILES string of the molecule is COC1CN(S(=O)(=O)N2CCC(CCl)CC2)CC1OC. The van der Waals surface area contributed by atoms with Gasteiger partial charge < -0.3 is 9.47 Å². The Balaban J connectivity index is 2.01. The molecule has 0 aromatic carbocycles. The minimum absolute atomic E-state index is 0.199. The van der Waals surface area contributed by atoms with E-state index in [1.165, 1.54) is 4.31 Å². The van der Waals surface area contributed by atoms with Crippen LogP contribution in [0, 0.1) is 5.92 Å². The highest BCUT2D eigenvalue weighted by Gasteiger charge is 2.42. The van der Waals surface area contributed by atoms with Gasteiger partial charge in [-0.3, -0.25) is 0 Å². The highest BCUT2D eigenvalue weighted by atomic mass is 35.5. The summed E-state index contributed by atoms with van der Waals surface area (Å²) in [6.45, 7) is 1.80. The van der Waals surface area contributed by atoms with Crippen molar-refractivity contribution in [2.45, 2.75) is 25.0 Å². The van der Waals surface area contributed by atoms with E-state index in [0.29, 0.717) is 38.0 Å². The van der Waals surface area contributed by atoms with Crippen molar-refractivity contribution in [3.05, 3.63) is 0 Å². The third-order valence-corrected chi connectivity index (χ3v) is 6.64. The zero-order valence-electron chi connectivity index (χ0n) is 12.0. The van der Waals surface area contributed by atoms with E-state index in [9.17, 15) is 8.42 Å². The van der Waals surface area contributed by atoms with Crippen LogP contribution in [0.2, 0.25) is 0 Å². The number of hydrogen-bond acceptors (Lipinski definition) is 4. The van der Waals surface area contributed by atoms with E-state index in [0.717, 1.165) is 12.8 Å². The number of alkyl halides is 1. The molecule has 2 rings (SSSR count). The molecule has 20 heavy (non-hydrogen) atoms. The van der Waals surface area contributed by atoms with Crippen LogP contribution in [0.25, 0.3) is 0 Å². The third-order valence-electron chi connectivity index (χ3n) is 4.23. The summed E-state index contributed by atoms with van der Waals surface area (Å²) in [5.74, 6) is 1.04. The molecule has 0 saturated carbocycles. The molecule has 0 aromatic heterocycles. The molecule has 2 fully saturated rings. The van der Waals surface area contributed by atoms with Crippen LogP contribution >= 0.6 is 11.6 Å². The molecule has 0 N–H and O–H groups in total. The fourth-order valence-electron chi connectivity index (χ4n) is 2.81. The molecule has 0 bridgehead atoms. The van der Waals surface area contributed by atoms with Gasteiger partial charge in [0.15, 0.2) is 0 Å². The predicted molar refractivity (Wildman–Crippen MR) is 77.1 cm³/mol. The number of nitrogens with zero attached hydrogens (tertiary/aromatic N) is 2. The zero-order valence-corrected chi connectivity index (χ0v) is 13.6. The molecule has 0 radical (unpaired) electrons.